The maximum atomic E-state index is 12.2. The zero-order valence-electron chi connectivity index (χ0n) is 13.7. The molecular weight excluding hydrogens is 280 g/mol. The summed E-state index contributed by atoms with van der Waals surface area (Å²) in [6.45, 7) is 2.85. The molecule has 2 atom stereocenters. The first-order valence-corrected chi connectivity index (χ1v) is 8.87. The van der Waals surface area contributed by atoms with Gasteiger partial charge in [-0.25, -0.2) is 0 Å². The van der Waals surface area contributed by atoms with Gasteiger partial charge in [0.2, 0.25) is 11.8 Å². The third-order valence-corrected chi connectivity index (χ3v) is 4.93. The molecule has 5 heteroatoms. The molecule has 0 bridgehead atoms. The number of carbonyl (C=O) groups is 2. The first kappa shape index (κ1) is 17.3. The third kappa shape index (κ3) is 4.70. The number of carbonyl (C=O) groups excluding carboxylic acids is 2. The van der Waals surface area contributed by atoms with E-state index in [1.54, 1.807) is 0 Å². The van der Waals surface area contributed by atoms with Crippen molar-refractivity contribution in [3.63, 3.8) is 0 Å². The highest BCUT2D eigenvalue weighted by atomic mass is 16.3. The molecule has 126 valence electrons. The summed E-state index contributed by atoms with van der Waals surface area (Å²) in [5.74, 6) is -0.203. The molecule has 2 amide bonds. The average molecular weight is 310 g/mol. The van der Waals surface area contributed by atoms with Gasteiger partial charge >= 0.3 is 0 Å². The van der Waals surface area contributed by atoms with Gasteiger partial charge in [0.25, 0.3) is 0 Å². The topological polar surface area (TPSA) is 69.6 Å². The van der Waals surface area contributed by atoms with Crippen molar-refractivity contribution in [3.8, 4) is 0 Å². The van der Waals surface area contributed by atoms with Crippen LogP contribution in [0, 0.1) is 5.92 Å². The molecule has 2 N–H and O–H groups in total. The van der Waals surface area contributed by atoms with Crippen molar-refractivity contribution in [2.24, 2.45) is 5.92 Å². The molecule has 0 aromatic rings. The second-order valence-corrected chi connectivity index (χ2v) is 6.78. The minimum Gasteiger partial charge on any atom is -0.391 e. The van der Waals surface area contributed by atoms with Crippen molar-refractivity contribution in [1.82, 2.24) is 10.2 Å². The van der Waals surface area contributed by atoms with Crippen LogP contribution < -0.4 is 5.32 Å². The van der Waals surface area contributed by atoms with Crippen LogP contribution in [0.4, 0.5) is 0 Å². The molecule has 1 saturated heterocycles. The smallest absolute Gasteiger partial charge is 0.225 e. The number of amides is 2. The Balaban J connectivity index is 1.81. The van der Waals surface area contributed by atoms with E-state index in [1.807, 2.05) is 11.8 Å². The Kier molecular flexibility index (Phi) is 6.68. The average Bonchev–Trinajstić information content (AvgIpc) is 2.72. The molecule has 1 heterocycles. The second-order valence-electron chi connectivity index (χ2n) is 6.78. The largest absolute Gasteiger partial charge is 0.391 e. The predicted molar refractivity (Wildman–Crippen MR) is 85.2 cm³/mol. The number of hydrogen-bond donors (Lipinski definition) is 2. The zero-order valence-corrected chi connectivity index (χ0v) is 13.7. The van der Waals surface area contributed by atoms with E-state index in [0.717, 1.165) is 19.3 Å². The summed E-state index contributed by atoms with van der Waals surface area (Å²) in [6, 6.07) is 0.332. The monoisotopic (exact) mass is 310 g/mol. The quantitative estimate of drug-likeness (QED) is 0.735. The van der Waals surface area contributed by atoms with Crippen LogP contribution in [-0.4, -0.2) is 47.1 Å². The highest BCUT2D eigenvalue weighted by Gasteiger charge is 2.37. The van der Waals surface area contributed by atoms with E-state index in [-0.39, 0.29) is 17.7 Å². The highest BCUT2D eigenvalue weighted by molar-refractivity contribution is 5.89. The van der Waals surface area contributed by atoms with Crippen LogP contribution in [0.25, 0.3) is 0 Å². The molecule has 1 saturated carbocycles. The number of hydrogen-bond acceptors (Lipinski definition) is 3. The van der Waals surface area contributed by atoms with Gasteiger partial charge in [0, 0.05) is 25.6 Å². The fourth-order valence-corrected chi connectivity index (χ4v) is 3.63. The Morgan fingerprint density at radius 1 is 1.32 bits per heavy atom. The zero-order chi connectivity index (χ0) is 15.9. The maximum absolute atomic E-state index is 12.2. The standard InChI is InChI=1S/C17H30N2O3/c1-2-7-15(20)11-18-17(22)13-10-16(21)19(12-13)14-8-5-3-4-6-9-14/h13-15,20H,2-12H2,1H3,(H,18,22). The van der Waals surface area contributed by atoms with Crippen LogP contribution in [0.5, 0.6) is 0 Å². The molecule has 2 rings (SSSR count). The lowest BCUT2D eigenvalue weighted by Gasteiger charge is -2.27. The first-order valence-electron chi connectivity index (χ1n) is 8.87. The van der Waals surface area contributed by atoms with Crippen LogP contribution in [-0.2, 0) is 9.59 Å². The summed E-state index contributed by atoms with van der Waals surface area (Å²) in [7, 11) is 0. The van der Waals surface area contributed by atoms with Gasteiger partial charge in [0.15, 0.2) is 0 Å². The summed E-state index contributed by atoms with van der Waals surface area (Å²) in [5.41, 5.74) is 0. The summed E-state index contributed by atoms with van der Waals surface area (Å²) in [5, 5.41) is 12.5. The van der Waals surface area contributed by atoms with Crippen molar-refractivity contribution >= 4 is 11.8 Å². The second kappa shape index (κ2) is 8.51. The molecule has 0 aromatic carbocycles. The highest BCUT2D eigenvalue weighted by Crippen LogP contribution is 2.28. The molecule has 2 fully saturated rings. The molecule has 0 spiro atoms. The van der Waals surface area contributed by atoms with Crippen molar-refractivity contribution in [2.45, 2.75) is 76.9 Å². The lowest BCUT2D eigenvalue weighted by Crippen LogP contribution is -2.39. The van der Waals surface area contributed by atoms with Crippen molar-refractivity contribution in [3.05, 3.63) is 0 Å². The molecular formula is C17H30N2O3. The van der Waals surface area contributed by atoms with E-state index in [0.29, 0.717) is 32.0 Å². The van der Waals surface area contributed by atoms with Gasteiger partial charge in [-0.15, -0.1) is 0 Å². The molecule has 5 nitrogen and oxygen atoms in total. The number of nitrogens with one attached hydrogen (secondary N) is 1. The summed E-state index contributed by atoms with van der Waals surface area (Å²) < 4.78 is 0. The van der Waals surface area contributed by atoms with Gasteiger partial charge in [-0.1, -0.05) is 39.0 Å². The molecule has 0 aromatic heterocycles. The van der Waals surface area contributed by atoms with Gasteiger partial charge < -0.3 is 15.3 Å². The Labute approximate surface area is 133 Å². The Morgan fingerprint density at radius 2 is 2.00 bits per heavy atom. The molecule has 0 radical (unpaired) electrons. The van der Waals surface area contributed by atoms with Gasteiger partial charge in [-0.05, 0) is 19.3 Å². The van der Waals surface area contributed by atoms with Crippen LogP contribution in [0.1, 0.15) is 64.7 Å². The van der Waals surface area contributed by atoms with Gasteiger partial charge in [-0.3, -0.25) is 9.59 Å². The van der Waals surface area contributed by atoms with Gasteiger partial charge in [0.1, 0.15) is 0 Å². The first-order chi connectivity index (χ1) is 10.6. The maximum Gasteiger partial charge on any atom is 0.225 e. The van der Waals surface area contributed by atoms with E-state index in [9.17, 15) is 14.7 Å². The number of likely N-dealkylation sites (tertiary alicyclic amines) is 1. The normalized spacial score (nSPS) is 25.1. The summed E-state index contributed by atoms with van der Waals surface area (Å²) >= 11 is 0. The van der Waals surface area contributed by atoms with Crippen molar-refractivity contribution in [1.29, 1.82) is 0 Å². The van der Waals surface area contributed by atoms with Crippen LogP contribution in [0.2, 0.25) is 0 Å². The summed E-state index contributed by atoms with van der Waals surface area (Å²) in [6.07, 6.45) is 8.49. The van der Waals surface area contributed by atoms with E-state index < -0.39 is 6.10 Å². The lowest BCUT2D eigenvalue weighted by atomic mass is 10.1. The fourth-order valence-electron chi connectivity index (χ4n) is 3.63. The fraction of sp³-hybridized carbons (Fsp3) is 0.882. The molecule has 22 heavy (non-hydrogen) atoms. The third-order valence-electron chi connectivity index (χ3n) is 4.93. The predicted octanol–water partition coefficient (Wildman–Crippen LogP) is 1.83. The van der Waals surface area contributed by atoms with E-state index in [2.05, 4.69) is 5.32 Å². The van der Waals surface area contributed by atoms with Crippen LogP contribution in [0.3, 0.4) is 0 Å². The molecule has 2 aliphatic rings. The number of aliphatic hydroxyl groups excluding tert-OH is 1. The van der Waals surface area contributed by atoms with E-state index in [1.165, 1.54) is 25.7 Å². The molecule has 1 aliphatic carbocycles. The Morgan fingerprint density at radius 3 is 2.64 bits per heavy atom. The Bertz CT molecular complexity index is 378. The minimum absolute atomic E-state index is 0.0837. The van der Waals surface area contributed by atoms with Gasteiger partial charge in [0.05, 0.1) is 12.0 Å². The number of aliphatic hydroxyl groups is 1. The number of nitrogens with zero attached hydrogens (tertiary/aromatic N) is 1. The molecule has 2 unspecified atom stereocenters. The van der Waals surface area contributed by atoms with Crippen molar-refractivity contribution < 1.29 is 14.7 Å². The van der Waals surface area contributed by atoms with Crippen LogP contribution in [0.15, 0.2) is 0 Å². The minimum atomic E-state index is -0.482. The van der Waals surface area contributed by atoms with Crippen molar-refractivity contribution in [2.75, 3.05) is 13.1 Å². The lowest BCUT2D eigenvalue weighted by molar-refractivity contribution is -0.130. The molecule has 1 aliphatic heterocycles. The summed E-state index contributed by atoms with van der Waals surface area (Å²) in [4.78, 5) is 26.4. The SMILES string of the molecule is CCCC(O)CNC(=O)C1CC(=O)N(C2CCCCCC2)C1. The van der Waals surface area contributed by atoms with Crippen LogP contribution >= 0.6 is 0 Å². The Hall–Kier alpha value is -1.10. The number of rotatable bonds is 6. The van der Waals surface area contributed by atoms with E-state index in [4.69, 9.17) is 0 Å². The van der Waals surface area contributed by atoms with E-state index >= 15 is 0 Å². The van der Waals surface area contributed by atoms with Gasteiger partial charge in [-0.2, -0.15) is 0 Å².